The summed E-state index contributed by atoms with van der Waals surface area (Å²) in [5.41, 5.74) is 1.12. The highest BCUT2D eigenvalue weighted by atomic mass is 16.6. The van der Waals surface area contributed by atoms with Crippen LogP contribution in [0.1, 0.15) is 37.4 Å². The Labute approximate surface area is 198 Å². The molecule has 1 fully saturated rings. The van der Waals surface area contributed by atoms with Crippen LogP contribution >= 0.6 is 0 Å². The van der Waals surface area contributed by atoms with Crippen molar-refractivity contribution < 1.29 is 33.6 Å². The van der Waals surface area contributed by atoms with Gasteiger partial charge in [-0.25, -0.2) is 0 Å². The Morgan fingerprint density at radius 1 is 1.09 bits per heavy atom. The molecule has 1 N–H and O–H groups in total. The molecule has 34 heavy (non-hydrogen) atoms. The number of aliphatic hydroxyl groups is 1. The van der Waals surface area contributed by atoms with Crippen LogP contribution in [0.25, 0.3) is 5.76 Å². The molecular weight excluding hydrogens is 438 g/mol. The number of carbonyl (C=O) groups is 2. The standard InChI is InChI=1S/C26H29NO7/c1-16(2)32-12-4-11-27-23(17-5-8-19(31-3)9-6-17)22(25(29)26(27)30)24(28)18-7-10-20-21(15-18)34-14-13-33-20/h5-10,15-16,23,28H,4,11-14H2,1-3H3/b24-22-. The van der Waals surface area contributed by atoms with Crippen molar-refractivity contribution in [3.8, 4) is 17.2 Å². The molecule has 2 heterocycles. The van der Waals surface area contributed by atoms with E-state index in [4.69, 9.17) is 18.9 Å². The fourth-order valence-electron chi connectivity index (χ4n) is 4.14. The second-order valence-corrected chi connectivity index (χ2v) is 8.40. The molecule has 0 bridgehead atoms. The minimum atomic E-state index is -0.738. The quantitative estimate of drug-likeness (QED) is 0.274. The number of ether oxygens (including phenoxy) is 4. The number of amides is 1. The monoisotopic (exact) mass is 467 g/mol. The fourth-order valence-corrected chi connectivity index (χ4v) is 4.14. The zero-order chi connectivity index (χ0) is 24.2. The Morgan fingerprint density at radius 3 is 2.47 bits per heavy atom. The van der Waals surface area contributed by atoms with Crippen LogP contribution in [0.4, 0.5) is 0 Å². The first-order valence-electron chi connectivity index (χ1n) is 11.3. The van der Waals surface area contributed by atoms with Crippen LogP contribution < -0.4 is 14.2 Å². The molecule has 1 amide bonds. The van der Waals surface area contributed by atoms with Gasteiger partial charge in [-0.1, -0.05) is 12.1 Å². The smallest absolute Gasteiger partial charge is 0.295 e. The summed E-state index contributed by atoms with van der Waals surface area (Å²) in [5, 5.41) is 11.2. The highest BCUT2D eigenvalue weighted by molar-refractivity contribution is 6.46. The van der Waals surface area contributed by atoms with Gasteiger partial charge in [0.05, 0.1) is 24.8 Å². The van der Waals surface area contributed by atoms with E-state index in [1.807, 2.05) is 13.8 Å². The number of hydrogen-bond donors (Lipinski definition) is 1. The molecule has 8 nitrogen and oxygen atoms in total. The third-order valence-corrected chi connectivity index (χ3v) is 5.78. The summed E-state index contributed by atoms with van der Waals surface area (Å²) in [6.45, 7) is 5.49. The van der Waals surface area contributed by atoms with Crippen LogP contribution in [0.5, 0.6) is 17.2 Å². The van der Waals surface area contributed by atoms with E-state index in [9.17, 15) is 14.7 Å². The van der Waals surface area contributed by atoms with Crippen molar-refractivity contribution in [1.29, 1.82) is 0 Å². The first-order valence-corrected chi connectivity index (χ1v) is 11.3. The van der Waals surface area contributed by atoms with Gasteiger partial charge in [0.2, 0.25) is 0 Å². The highest BCUT2D eigenvalue weighted by Gasteiger charge is 2.45. The van der Waals surface area contributed by atoms with Gasteiger partial charge in [0.15, 0.2) is 11.5 Å². The summed E-state index contributed by atoms with van der Waals surface area (Å²) >= 11 is 0. The summed E-state index contributed by atoms with van der Waals surface area (Å²) < 4.78 is 22.0. The zero-order valence-corrected chi connectivity index (χ0v) is 19.6. The summed E-state index contributed by atoms with van der Waals surface area (Å²) in [4.78, 5) is 27.7. The van der Waals surface area contributed by atoms with Crippen molar-refractivity contribution in [2.24, 2.45) is 0 Å². The summed E-state index contributed by atoms with van der Waals surface area (Å²) in [7, 11) is 1.57. The van der Waals surface area contributed by atoms with Crippen LogP contribution in [0.15, 0.2) is 48.0 Å². The molecule has 0 aliphatic carbocycles. The SMILES string of the molecule is COc1ccc(C2/C(=C(/O)c3ccc4c(c3)OCCO4)C(=O)C(=O)N2CCCOC(C)C)cc1. The van der Waals surface area contributed by atoms with E-state index in [0.717, 1.165) is 0 Å². The minimum Gasteiger partial charge on any atom is -0.507 e. The predicted molar refractivity (Wildman–Crippen MR) is 125 cm³/mol. The number of fused-ring (bicyclic) bond motifs is 1. The molecule has 0 spiro atoms. The molecule has 1 atom stereocenters. The van der Waals surface area contributed by atoms with Gasteiger partial charge in [0.25, 0.3) is 11.7 Å². The molecule has 4 rings (SSSR count). The first kappa shape index (κ1) is 23.6. The lowest BCUT2D eigenvalue weighted by atomic mass is 9.95. The third-order valence-electron chi connectivity index (χ3n) is 5.78. The molecular formula is C26H29NO7. The molecule has 2 aliphatic heterocycles. The van der Waals surface area contributed by atoms with Crippen LogP contribution in [0.2, 0.25) is 0 Å². The molecule has 180 valence electrons. The number of Topliss-reactive ketones (excluding diaryl/α,β-unsaturated/α-hetero) is 1. The molecule has 0 saturated carbocycles. The molecule has 8 heteroatoms. The number of methoxy groups -OCH3 is 1. The topological polar surface area (TPSA) is 94.5 Å². The lowest BCUT2D eigenvalue weighted by Gasteiger charge is -2.26. The maximum atomic E-state index is 13.1. The Morgan fingerprint density at radius 2 is 1.79 bits per heavy atom. The van der Waals surface area contributed by atoms with Gasteiger partial charge in [-0.3, -0.25) is 9.59 Å². The highest BCUT2D eigenvalue weighted by Crippen LogP contribution is 2.41. The fraction of sp³-hybridized carbons (Fsp3) is 0.385. The Bertz CT molecular complexity index is 1090. The second-order valence-electron chi connectivity index (χ2n) is 8.40. The molecule has 1 unspecified atom stereocenters. The Kier molecular flexibility index (Phi) is 7.07. The van der Waals surface area contributed by atoms with Gasteiger partial charge >= 0.3 is 0 Å². The molecule has 2 aliphatic rings. The van der Waals surface area contributed by atoms with E-state index in [-0.39, 0.29) is 17.4 Å². The summed E-state index contributed by atoms with van der Waals surface area (Å²) in [6, 6.07) is 11.3. The number of likely N-dealkylation sites (tertiary alicyclic amines) is 1. The van der Waals surface area contributed by atoms with E-state index in [1.165, 1.54) is 4.90 Å². The third kappa shape index (κ3) is 4.72. The first-order chi connectivity index (χ1) is 16.4. The number of nitrogens with zero attached hydrogens (tertiary/aromatic N) is 1. The van der Waals surface area contributed by atoms with Crippen LogP contribution in [0, 0.1) is 0 Å². The second kappa shape index (κ2) is 10.2. The number of carbonyl (C=O) groups excluding carboxylic acids is 2. The van der Waals surface area contributed by atoms with Gasteiger partial charge in [0.1, 0.15) is 24.7 Å². The van der Waals surface area contributed by atoms with E-state index in [2.05, 4.69) is 0 Å². The maximum absolute atomic E-state index is 13.1. The number of aliphatic hydroxyl groups excluding tert-OH is 1. The van der Waals surface area contributed by atoms with E-state index in [1.54, 1.807) is 49.6 Å². The van der Waals surface area contributed by atoms with Crippen molar-refractivity contribution in [3.05, 3.63) is 59.2 Å². The van der Waals surface area contributed by atoms with Crippen molar-refractivity contribution in [2.75, 3.05) is 33.5 Å². The molecule has 0 aromatic heterocycles. The average Bonchev–Trinajstić information content (AvgIpc) is 3.10. The van der Waals surface area contributed by atoms with Gasteiger partial charge in [0, 0.05) is 18.7 Å². The number of rotatable bonds is 8. The lowest BCUT2D eigenvalue weighted by Crippen LogP contribution is -2.31. The van der Waals surface area contributed by atoms with Gasteiger partial charge in [-0.2, -0.15) is 0 Å². The normalized spacial score (nSPS) is 19.1. The van der Waals surface area contributed by atoms with Crippen molar-refractivity contribution in [3.63, 3.8) is 0 Å². The van der Waals surface area contributed by atoms with E-state index >= 15 is 0 Å². The molecule has 2 aromatic rings. The van der Waals surface area contributed by atoms with Crippen LogP contribution in [0.3, 0.4) is 0 Å². The zero-order valence-electron chi connectivity index (χ0n) is 19.6. The average molecular weight is 468 g/mol. The maximum Gasteiger partial charge on any atom is 0.295 e. The summed E-state index contributed by atoms with van der Waals surface area (Å²) in [6.07, 6.45) is 0.630. The summed E-state index contributed by atoms with van der Waals surface area (Å²) in [5.74, 6) is 0.0776. The van der Waals surface area contributed by atoms with Crippen molar-refractivity contribution in [1.82, 2.24) is 4.90 Å². The van der Waals surface area contributed by atoms with Gasteiger partial charge in [-0.15, -0.1) is 0 Å². The van der Waals surface area contributed by atoms with Crippen molar-refractivity contribution >= 4 is 17.4 Å². The van der Waals surface area contributed by atoms with Gasteiger partial charge in [-0.05, 0) is 56.2 Å². The molecule has 0 radical (unpaired) electrons. The minimum absolute atomic E-state index is 0.0385. The molecule has 2 aromatic carbocycles. The number of ketones is 1. The van der Waals surface area contributed by atoms with Gasteiger partial charge < -0.3 is 29.0 Å². The van der Waals surface area contributed by atoms with Crippen LogP contribution in [-0.2, 0) is 14.3 Å². The largest absolute Gasteiger partial charge is 0.507 e. The Hall–Kier alpha value is -3.52. The predicted octanol–water partition coefficient (Wildman–Crippen LogP) is 3.70. The Balaban J connectivity index is 1.73. The lowest BCUT2D eigenvalue weighted by molar-refractivity contribution is -0.140. The van der Waals surface area contributed by atoms with E-state index < -0.39 is 17.7 Å². The van der Waals surface area contributed by atoms with Crippen LogP contribution in [-0.4, -0.2) is 61.3 Å². The number of hydrogen-bond acceptors (Lipinski definition) is 7. The molecule has 1 saturated heterocycles. The van der Waals surface area contributed by atoms with E-state index in [0.29, 0.717) is 61.2 Å². The number of benzene rings is 2. The van der Waals surface area contributed by atoms with Crippen molar-refractivity contribution in [2.45, 2.75) is 32.4 Å².